The molecule has 3 N–H and O–H groups in total. The van der Waals surface area contributed by atoms with Gasteiger partial charge in [-0.2, -0.15) is 0 Å². The first-order chi connectivity index (χ1) is 13.5. The molecule has 0 aromatic heterocycles. The fourth-order valence-corrected chi connectivity index (χ4v) is 3.71. The van der Waals surface area contributed by atoms with Crippen LogP contribution in [0.4, 0.5) is 0 Å². The second-order valence-electron chi connectivity index (χ2n) is 7.70. The molecule has 1 atom stereocenters. The molecular formula is C23H29N3O2. The standard InChI is InChI=1S/C23H29N3O2/c1-17-7-3-5-9-19(17)14-25-21(27)13-23(11-12-24-16-23)22(28)26-15-20-10-6-4-8-18(20)2/h3-10,24H,11-16H2,1-2H3,(H,25,27)(H,26,28). The lowest BCUT2D eigenvalue weighted by Gasteiger charge is -2.26. The number of carbonyl (C=O) groups excluding carboxylic acids is 2. The Labute approximate surface area is 166 Å². The van der Waals surface area contributed by atoms with Crippen molar-refractivity contribution in [3.05, 3.63) is 70.8 Å². The summed E-state index contributed by atoms with van der Waals surface area (Å²) in [5.74, 6) is -0.134. The fraction of sp³-hybridized carbons (Fsp3) is 0.391. The van der Waals surface area contributed by atoms with E-state index in [9.17, 15) is 9.59 Å². The Balaban J connectivity index is 1.59. The smallest absolute Gasteiger partial charge is 0.228 e. The number of amides is 2. The van der Waals surface area contributed by atoms with Gasteiger partial charge >= 0.3 is 0 Å². The third-order valence-electron chi connectivity index (χ3n) is 5.66. The predicted octanol–water partition coefficient (Wildman–Crippen LogP) is 2.61. The van der Waals surface area contributed by atoms with Crippen molar-refractivity contribution in [2.24, 2.45) is 5.41 Å². The van der Waals surface area contributed by atoms with Crippen LogP contribution in [0, 0.1) is 19.3 Å². The summed E-state index contributed by atoms with van der Waals surface area (Å²) in [4.78, 5) is 25.6. The normalized spacial score (nSPS) is 18.6. The van der Waals surface area contributed by atoms with Gasteiger partial charge in [0.25, 0.3) is 0 Å². The molecule has 3 rings (SSSR count). The molecule has 148 valence electrons. The average molecular weight is 380 g/mol. The molecular weight excluding hydrogens is 350 g/mol. The molecule has 0 radical (unpaired) electrons. The number of hydrogen-bond acceptors (Lipinski definition) is 3. The van der Waals surface area contributed by atoms with Gasteiger partial charge in [0, 0.05) is 26.1 Å². The van der Waals surface area contributed by atoms with Crippen LogP contribution in [0.1, 0.15) is 35.1 Å². The van der Waals surface area contributed by atoms with E-state index in [0.29, 0.717) is 26.1 Å². The monoisotopic (exact) mass is 379 g/mol. The lowest BCUT2D eigenvalue weighted by Crippen LogP contribution is -2.45. The number of rotatable bonds is 7. The van der Waals surface area contributed by atoms with Crippen molar-refractivity contribution in [3.63, 3.8) is 0 Å². The van der Waals surface area contributed by atoms with Crippen LogP contribution < -0.4 is 16.0 Å². The zero-order valence-electron chi connectivity index (χ0n) is 16.7. The van der Waals surface area contributed by atoms with Gasteiger partial charge < -0.3 is 16.0 Å². The van der Waals surface area contributed by atoms with Crippen molar-refractivity contribution in [2.45, 2.75) is 39.8 Å². The van der Waals surface area contributed by atoms with Gasteiger partial charge in [-0.15, -0.1) is 0 Å². The van der Waals surface area contributed by atoms with E-state index in [-0.39, 0.29) is 18.2 Å². The molecule has 2 aromatic rings. The number of aryl methyl sites for hydroxylation is 2. The molecule has 0 spiro atoms. The summed E-state index contributed by atoms with van der Waals surface area (Å²) in [5, 5.41) is 9.29. The quantitative estimate of drug-likeness (QED) is 0.693. The zero-order valence-corrected chi connectivity index (χ0v) is 16.7. The van der Waals surface area contributed by atoms with Crippen molar-refractivity contribution < 1.29 is 9.59 Å². The van der Waals surface area contributed by atoms with E-state index < -0.39 is 5.41 Å². The minimum Gasteiger partial charge on any atom is -0.352 e. The van der Waals surface area contributed by atoms with E-state index in [2.05, 4.69) is 16.0 Å². The summed E-state index contributed by atoms with van der Waals surface area (Å²) in [6.45, 7) is 6.32. The Bertz CT molecular complexity index is 841. The van der Waals surface area contributed by atoms with Gasteiger partial charge in [0.2, 0.25) is 11.8 Å². The van der Waals surface area contributed by atoms with E-state index >= 15 is 0 Å². The highest BCUT2D eigenvalue weighted by Gasteiger charge is 2.42. The predicted molar refractivity (Wildman–Crippen MR) is 111 cm³/mol. The summed E-state index contributed by atoms with van der Waals surface area (Å²) in [6, 6.07) is 16.0. The molecule has 1 unspecified atom stereocenters. The minimum absolute atomic E-state index is 0.0493. The molecule has 2 aromatic carbocycles. The first-order valence-electron chi connectivity index (χ1n) is 9.85. The van der Waals surface area contributed by atoms with Gasteiger partial charge in [-0.3, -0.25) is 9.59 Å². The molecule has 1 heterocycles. The van der Waals surface area contributed by atoms with Gasteiger partial charge in [0.15, 0.2) is 0 Å². The number of nitrogens with one attached hydrogen (secondary N) is 3. The van der Waals surface area contributed by atoms with Crippen molar-refractivity contribution in [3.8, 4) is 0 Å². The molecule has 0 bridgehead atoms. The zero-order chi connectivity index (χ0) is 20.0. The van der Waals surface area contributed by atoms with Gasteiger partial charge in [0.1, 0.15) is 0 Å². The Morgan fingerprint density at radius 2 is 1.50 bits per heavy atom. The van der Waals surface area contributed by atoms with Crippen molar-refractivity contribution in [1.29, 1.82) is 0 Å². The molecule has 5 heteroatoms. The van der Waals surface area contributed by atoms with Crippen LogP contribution in [-0.4, -0.2) is 24.9 Å². The van der Waals surface area contributed by atoms with Crippen LogP contribution in [-0.2, 0) is 22.7 Å². The number of benzene rings is 2. The first kappa shape index (κ1) is 20.1. The van der Waals surface area contributed by atoms with Crippen LogP contribution in [0.2, 0.25) is 0 Å². The van der Waals surface area contributed by atoms with Crippen LogP contribution in [0.5, 0.6) is 0 Å². The topological polar surface area (TPSA) is 70.2 Å². The number of carbonyl (C=O) groups is 2. The Kier molecular flexibility index (Phi) is 6.47. The first-order valence-corrected chi connectivity index (χ1v) is 9.85. The summed E-state index contributed by atoms with van der Waals surface area (Å²) in [5.41, 5.74) is 3.81. The van der Waals surface area contributed by atoms with Crippen molar-refractivity contribution in [2.75, 3.05) is 13.1 Å². The summed E-state index contributed by atoms with van der Waals surface area (Å²) in [7, 11) is 0. The molecule has 1 aliphatic rings. The van der Waals surface area contributed by atoms with Crippen molar-refractivity contribution >= 4 is 11.8 Å². The summed E-state index contributed by atoms with van der Waals surface area (Å²) < 4.78 is 0. The second-order valence-corrected chi connectivity index (χ2v) is 7.70. The third-order valence-corrected chi connectivity index (χ3v) is 5.66. The largest absolute Gasteiger partial charge is 0.352 e. The van der Waals surface area contributed by atoms with Gasteiger partial charge in [-0.1, -0.05) is 48.5 Å². The maximum absolute atomic E-state index is 13.0. The lowest BCUT2D eigenvalue weighted by molar-refractivity contribution is -0.135. The molecule has 28 heavy (non-hydrogen) atoms. The van der Waals surface area contributed by atoms with E-state index in [1.807, 2.05) is 62.4 Å². The fourth-order valence-electron chi connectivity index (χ4n) is 3.71. The van der Waals surface area contributed by atoms with E-state index in [4.69, 9.17) is 0 Å². The third kappa shape index (κ3) is 4.78. The van der Waals surface area contributed by atoms with Crippen LogP contribution in [0.25, 0.3) is 0 Å². The number of hydrogen-bond donors (Lipinski definition) is 3. The van der Waals surface area contributed by atoms with Gasteiger partial charge in [-0.05, 0) is 49.1 Å². The average Bonchev–Trinajstić information content (AvgIpc) is 3.16. The molecule has 1 fully saturated rings. The highest BCUT2D eigenvalue weighted by atomic mass is 16.2. The van der Waals surface area contributed by atoms with E-state index in [1.165, 1.54) is 0 Å². The maximum atomic E-state index is 13.0. The molecule has 1 aliphatic heterocycles. The second kappa shape index (κ2) is 9.02. The maximum Gasteiger partial charge on any atom is 0.228 e. The molecule has 1 saturated heterocycles. The summed E-state index contributed by atoms with van der Waals surface area (Å²) >= 11 is 0. The molecule has 2 amide bonds. The Morgan fingerprint density at radius 3 is 2.04 bits per heavy atom. The minimum atomic E-state index is -0.682. The van der Waals surface area contributed by atoms with Gasteiger partial charge in [0.05, 0.1) is 5.41 Å². The highest BCUT2D eigenvalue weighted by Crippen LogP contribution is 2.30. The Hall–Kier alpha value is -2.66. The summed E-state index contributed by atoms with van der Waals surface area (Å²) in [6.07, 6.45) is 0.871. The van der Waals surface area contributed by atoms with E-state index in [0.717, 1.165) is 28.8 Å². The van der Waals surface area contributed by atoms with E-state index in [1.54, 1.807) is 0 Å². The van der Waals surface area contributed by atoms with Crippen molar-refractivity contribution in [1.82, 2.24) is 16.0 Å². The lowest BCUT2D eigenvalue weighted by atomic mass is 9.82. The Morgan fingerprint density at radius 1 is 0.929 bits per heavy atom. The van der Waals surface area contributed by atoms with Crippen LogP contribution in [0.3, 0.4) is 0 Å². The van der Waals surface area contributed by atoms with Crippen LogP contribution >= 0.6 is 0 Å². The highest BCUT2D eigenvalue weighted by molar-refractivity contribution is 5.89. The van der Waals surface area contributed by atoms with Crippen LogP contribution in [0.15, 0.2) is 48.5 Å². The molecule has 0 aliphatic carbocycles. The molecule has 0 saturated carbocycles. The molecule has 5 nitrogen and oxygen atoms in total. The van der Waals surface area contributed by atoms with Gasteiger partial charge in [-0.25, -0.2) is 0 Å². The SMILES string of the molecule is Cc1ccccc1CNC(=O)CC1(C(=O)NCc2ccccc2C)CCNC1.